The van der Waals surface area contributed by atoms with Gasteiger partial charge >= 0.3 is 0 Å². The third-order valence-corrected chi connectivity index (χ3v) is 4.45. The van der Waals surface area contributed by atoms with E-state index in [0.717, 1.165) is 25.0 Å². The molecule has 0 amide bonds. The number of aliphatic hydroxyl groups is 3. The average molecular weight is 232 g/mol. The summed E-state index contributed by atoms with van der Waals surface area (Å²) < 4.78 is 0. The van der Waals surface area contributed by atoms with Crippen LogP contribution in [-0.2, 0) is 0 Å². The Balaban J connectivity index is 1.92. The van der Waals surface area contributed by atoms with Crippen molar-refractivity contribution in [3.05, 3.63) is 0 Å². The molecular formula is C11H20O3S. The van der Waals surface area contributed by atoms with Gasteiger partial charge < -0.3 is 15.3 Å². The SMILES string of the molecule is OCC1CC2C(CCCS)C2C(O)C1O. The van der Waals surface area contributed by atoms with Crippen molar-refractivity contribution in [3.8, 4) is 0 Å². The lowest BCUT2D eigenvalue weighted by atomic mass is 9.85. The lowest BCUT2D eigenvalue weighted by Crippen LogP contribution is -2.40. The first-order valence-electron chi connectivity index (χ1n) is 5.78. The molecule has 88 valence electrons. The van der Waals surface area contributed by atoms with Crippen LogP contribution in [0.5, 0.6) is 0 Å². The van der Waals surface area contributed by atoms with Crippen molar-refractivity contribution in [1.29, 1.82) is 0 Å². The zero-order valence-corrected chi connectivity index (χ0v) is 9.68. The summed E-state index contributed by atoms with van der Waals surface area (Å²) in [7, 11) is 0. The standard InChI is InChI=1S/C11H20O3S/c12-5-6-4-8-7(2-1-3-15)9(8)11(14)10(6)13/h6-15H,1-5H2. The number of aliphatic hydroxyl groups excluding tert-OH is 3. The maximum Gasteiger partial charge on any atom is 0.0852 e. The van der Waals surface area contributed by atoms with E-state index in [1.165, 1.54) is 0 Å². The smallest absolute Gasteiger partial charge is 0.0852 e. The quantitative estimate of drug-likeness (QED) is 0.527. The highest BCUT2D eigenvalue weighted by Crippen LogP contribution is 2.58. The van der Waals surface area contributed by atoms with Gasteiger partial charge in [-0.1, -0.05) is 0 Å². The fraction of sp³-hybridized carbons (Fsp3) is 1.00. The molecule has 0 spiro atoms. The Hall–Kier alpha value is 0.230. The summed E-state index contributed by atoms with van der Waals surface area (Å²) in [5.74, 6) is 2.13. The largest absolute Gasteiger partial charge is 0.396 e. The first-order chi connectivity index (χ1) is 7.20. The van der Waals surface area contributed by atoms with Gasteiger partial charge in [0.2, 0.25) is 0 Å². The topological polar surface area (TPSA) is 60.7 Å². The molecule has 2 aliphatic rings. The van der Waals surface area contributed by atoms with Crippen molar-refractivity contribution in [2.45, 2.75) is 31.5 Å². The third kappa shape index (κ3) is 2.05. The normalized spacial score (nSPS) is 48.8. The minimum atomic E-state index is -0.725. The maximum absolute atomic E-state index is 9.88. The lowest BCUT2D eigenvalue weighted by molar-refractivity contribution is -0.0655. The first-order valence-corrected chi connectivity index (χ1v) is 6.41. The van der Waals surface area contributed by atoms with E-state index in [9.17, 15) is 10.2 Å². The second-order valence-electron chi connectivity index (χ2n) is 4.93. The van der Waals surface area contributed by atoms with E-state index in [4.69, 9.17) is 5.11 Å². The predicted molar refractivity (Wildman–Crippen MR) is 60.8 cm³/mol. The Morgan fingerprint density at radius 3 is 2.53 bits per heavy atom. The van der Waals surface area contributed by atoms with Crippen molar-refractivity contribution < 1.29 is 15.3 Å². The Labute approximate surface area is 95.9 Å². The lowest BCUT2D eigenvalue weighted by Gasteiger charge is -2.29. The van der Waals surface area contributed by atoms with Crippen molar-refractivity contribution >= 4 is 12.6 Å². The van der Waals surface area contributed by atoms with Crippen LogP contribution < -0.4 is 0 Å². The van der Waals surface area contributed by atoms with Crippen LogP contribution >= 0.6 is 12.6 Å². The van der Waals surface area contributed by atoms with Gasteiger partial charge in [-0.25, -0.2) is 0 Å². The molecule has 0 aromatic carbocycles. The fourth-order valence-corrected chi connectivity index (χ4v) is 3.41. The molecule has 0 heterocycles. The van der Waals surface area contributed by atoms with Gasteiger partial charge in [0.1, 0.15) is 0 Å². The van der Waals surface area contributed by atoms with Gasteiger partial charge in [0.25, 0.3) is 0 Å². The molecule has 6 atom stereocenters. The molecule has 15 heavy (non-hydrogen) atoms. The molecule has 4 heteroatoms. The summed E-state index contributed by atoms with van der Waals surface area (Å²) >= 11 is 4.18. The van der Waals surface area contributed by atoms with E-state index in [1.807, 2.05) is 0 Å². The summed E-state index contributed by atoms with van der Waals surface area (Å²) in [6.45, 7) is -0.0132. The zero-order valence-electron chi connectivity index (χ0n) is 8.79. The van der Waals surface area contributed by atoms with E-state index >= 15 is 0 Å². The summed E-state index contributed by atoms with van der Waals surface area (Å²) in [6.07, 6.45) is 1.70. The average Bonchev–Trinajstić information content (AvgIpc) is 2.93. The maximum atomic E-state index is 9.88. The van der Waals surface area contributed by atoms with E-state index in [0.29, 0.717) is 11.8 Å². The summed E-state index contributed by atoms with van der Waals surface area (Å²) in [5, 5.41) is 28.7. The number of hydrogen-bond acceptors (Lipinski definition) is 4. The van der Waals surface area contributed by atoms with Gasteiger partial charge in [-0.3, -0.25) is 0 Å². The number of hydrogen-bond donors (Lipinski definition) is 4. The van der Waals surface area contributed by atoms with Gasteiger partial charge in [-0.05, 0) is 42.8 Å². The minimum Gasteiger partial charge on any atom is -0.396 e. The van der Waals surface area contributed by atoms with Gasteiger partial charge in [-0.2, -0.15) is 12.6 Å². The highest BCUT2D eigenvalue weighted by Gasteiger charge is 2.59. The Kier molecular flexibility index (Phi) is 3.60. The van der Waals surface area contributed by atoms with Gasteiger partial charge in [0.05, 0.1) is 12.2 Å². The monoisotopic (exact) mass is 232 g/mol. The molecule has 0 aliphatic heterocycles. The molecule has 2 rings (SSSR count). The van der Waals surface area contributed by atoms with Crippen LogP contribution in [0.1, 0.15) is 19.3 Å². The number of rotatable bonds is 4. The Morgan fingerprint density at radius 1 is 1.20 bits per heavy atom. The van der Waals surface area contributed by atoms with Crippen LogP contribution in [0, 0.1) is 23.7 Å². The van der Waals surface area contributed by atoms with Gasteiger partial charge in [-0.15, -0.1) is 0 Å². The molecule has 0 saturated heterocycles. The fourth-order valence-electron chi connectivity index (χ4n) is 3.22. The molecule has 2 saturated carbocycles. The highest BCUT2D eigenvalue weighted by molar-refractivity contribution is 7.80. The minimum absolute atomic E-state index is 0.0132. The van der Waals surface area contributed by atoms with E-state index < -0.39 is 12.2 Å². The van der Waals surface area contributed by atoms with Crippen molar-refractivity contribution in [2.75, 3.05) is 12.4 Å². The van der Waals surface area contributed by atoms with Crippen LogP contribution in [0.15, 0.2) is 0 Å². The molecule has 0 aromatic heterocycles. The number of fused-ring (bicyclic) bond motifs is 1. The number of thiol groups is 1. The van der Waals surface area contributed by atoms with Crippen LogP contribution in [-0.4, -0.2) is 39.9 Å². The Bertz CT molecular complexity index is 220. The Morgan fingerprint density at radius 2 is 1.93 bits per heavy atom. The second kappa shape index (κ2) is 4.62. The summed E-state index contributed by atoms with van der Waals surface area (Å²) in [6, 6.07) is 0. The highest BCUT2D eigenvalue weighted by atomic mass is 32.1. The van der Waals surface area contributed by atoms with Crippen LogP contribution in [0.3, 0.4) is 0 Å². The van der Waals surface area contributed by atoms with E-state index in [1.54, 1.807) is 0 Å². The van der Waals surface area contributed by atoms with Crippen LogP contribution in [0.4, 0.5) is 0 Å². The molecule has 6 unspecified atom stereocenters. The van der Waals surface area contributed by atoms with Crippen molar-refractivity contribution in [3.63, 3.8) is 0 Å². The molecule has 2 aliphatic carbocycles. The van der Waals surface area contributed by atoms with Crippen molar-refractivity contribution in [1.82, 2.24) is 0 Å². The van der Waals surface area contributed by atoms with Crippen LogP contribution in [0.2, 0.25) is 0 Å². The molecule has 0 bridgehead atoms. The third-order valence-electron chi connectivity index (χ3n) is 4.13. The van der Waals surface area contributed by atoms with Gasteiger partial charge in [0, 0.05) is 12.5 Å². The van der Waals surface area contributed by atoms with Crippen molar-refractivity contribution in [2.24, 2.45) is 23.7 Å². The molecule has 3 nitrogen and oxygen atoms in total. The molecule has 2 fully saturated rings. The predicted octanol–water partition coefficient (Wildman–Crippen LogP) is 0.293. The summed E-state index contributed by atoms with van der Waals surface area (Å²) in [5.41, 5.74) is 0. The van der Waals surface area contributed by atoms with Gasteiger partial charge in [0.15, 0.2) is 0 Å². The molecular weight excluding hydrogens is 212 g/mol. The molecule has 0 radical (unpaired) electrons. The van der Waals surface area contributed by atoms with Crippen LogP contribution in [0.25, 0.3) is 0 Å². The van der Waals surface area contributed by atoms with E-state index in [-0.39, 0.29) is 18.4 Å². The summed E-state index contributed by atoms with van der Waals surface area (Å²) in [4.78, 5) is 0. The zero-order chi connectivity index (χ0) is 11.0. The first kappa shape index (κ1) is 11.7. The second-order valence-corrected chi connectivity index (χ2v) is 5.38. The van der Waals surface area contributed by atoms with E-state index in [2.05, 4.69) is 12.6 Å². The molecule has 3 N–H and O–H groups in total. The molecule has 0 aromatic rings.